The molecule has 1 aromatic carbocycles. The lowest BCUT2D eigenvalue weighted by Crippen LogP contribution is -2.66. The molecule has 1 aromatic rings. The van der Waals surface area contributed by atoms with E-state index in [9.17, 15) is 26.8 Å². The minimum absolute atomic E-state index is 0.114. The molecule has 10 heteroatoms. The molecule has 5 unspecified atom stereocenters. The average molecular weight is 482 g/mol. The molecule has 5 rings (SSSR count). The number of rotatable bonds is 6. The fraction of sp³-hybridized carbons (Fsp3) is 0.652. The number of nitrogens with two attached hydrogens (primary N) is 1. The topological polar surface area (TPSA) is 118 Å². The van der Waals surface area contributed by atoms with Crippen molar-refractivity contribution >= 4 is 21.8 Å². The third-order valence-electron chi connectivity index (χ3n) is 8.69. The van der Waals surface area contributed by atoms with Gasteiger partial charge in [0.05, 0.1) is 5.41 Å². The summed E-state index contributed by atoms with van der Waals surface area (Å²) in [5.74, 6) is -1.99. The van der Waals surface area contributed by atoms with E-state index in [1.165, 1.54) is 0 Å². The van der Waals surface area contributed by atoms with Gasteiger partial charge in [-0.25, -0.2) is 17.2 Å². The smallest absolute Gasteiger partial charge is 0.244 e. The molecule has 0 spiro atoms. The summed E-state index contributed by atoms with van der Waals surface area (Å²) in [7, 11) is -4.45. The van der Waals surface area contributed by atoms with Crippen LogP contribution in [-0.4, -0.2) is 31.8 Å². The maximum atomic E-state index is 14.1. The van der Waals surface area contributed by atoms with Gasteiger partial charge in [-0.3, -0.25) is 9.59 Å². The molecule has 7 nitrogen and oxygen atoms in total. The predicted molar refractivity (Wildman–Crippen MR) is 115 cm³/mol. The summed E-state index contributed by atoms with van der Waals surface area (Å²) < 4.78 is 55.8. The number of hydrogen-bond acceptors (Lipinski definition) is 4. The van der Waals surface area contributed by atoms with Crippen molar-refractivity contribution in [2.24, 2.45) is 28.9 Å². The van der Waals surface area contributed by atoms with Crippen molar-refractivity contribution in [3.8, 4) is 0 Å². The molecular weight excluding hydrogens is 452 g/mol. The molecule has 0 aliphatic heterocycles. The molecule has 0 aromatic heterocycles. The minimum Gasteiger partial charge on any atom is -0.369 e. The third-order valence-corrected chi connectivity index (χ3v) is 10.2. The molecule has 0 saturated heterocycles. The standard InChI is InChI=1S/C23H29F2N3O4S/c24-16-4-5-17(25)19(10-16)33(31,32)28-23(6-1-7-23)21(30)27-18-9-15-3-2-13-8-14(18)12-22(15,11-13)20(26)29/h4-5,10,13-15,18,28H,1-3,6-9,11-12H2,(H2,26,29)(H,27,30). The van der Waals surface area contributed by atoms with Gasteiger partial charge in [-0.15, -0.1) is 0 Å². The Bertz CT molecular complexity index is 1110. The van der Waals surface area contributed by atoms with Gasteiger partial charge in [0.1, 0.15) is 22.1 Å². The molecule has 0 radical (unpaired) electrons. The Kier molecular flexibility index (Phi) is 5.32. The van der Waals surface area contributed by atoms with Gasteiger partial charge in [-0.2, -0.15) is 4.72 Å². The number of carbonyl (C=O) groups is 2. The Morgan fingerprint density at radius 2 is 1.85 bits per heavy atom. The van der Waals surface area contributed by atoms with Crippen LogP contribution in [0.3, 0.4) is 0 Å². The van der Waals surface area contributed by atoms with Crippen LogP contribution in [-0.2, 0) is 19.6 Å². The molecule has 0 heterocycles. The molecule has 4 fully saturated rings. The number of primary amides is 1. The highest BCUT2D eigenvalue weighted by atomic mass is 32.2. The number of amides is 2. The quantitative estimate of drug-likeness (QED) is 0.578. The Labute approximate surface area is 191 Å². The lowest BCUT2D eigenvalue weighted by Gasteiger charge is -2.58. The van der Waals surface area contributed by atoms with Crippen LogP contribution in [0.2, 0.25) is 0 Å². The van der Waals surface area contributed by atoms with E-state index >= 15 is 0 Å². The highest BCUT2D eigenvalue weighted by molar-refractivity contribution is 7.89. The van der Waals surface area contributed by atoms with Crippen LogP contribution < -0.4 is 15.8 Å². The first-order chi connectivity index (χ1) is 15.5. The number of carbonyl (C=O) groups excluding carboxylic acids is 2. The average Bonchev–Trinajstić information content (AvgIpc) is 2.72. The number of hydrogen-bond donors (Lipinski definition) is 3. The largest absolute Gasteiger partial charge is 0.369 e. The van der Waals surface area contributed by atoms with Gasteiger partial charge in [0.2, 0.25) is 21.8 Å². The van der Waals surface area contributed by atoms with Crippen molar-refractivity contribution in [2.75, 3.05) is 0 Å². The van der Waals surface area contributed by atoms with E-state index in [1.807, 2.05) is 0 Å². The molecule has 4 aliphatic rings. The van der Waals surface area contributed by atoms with Crippen LogP contribution in [0.1, 0.15) is 57.8 Å². The first-order valence-corrected chi connectivity index (χ1v) is 13.1. The fourth-order valence-corrected chi connectivity index (χ4v) is 8.38. The zero-order valence-corrected chi connectivity index (χ0v) is 19.1. The van der Waals surface area contributed by atoms with E-state index in [1.54, 1.807) is 0 Å². The van der Waals surface area contributed by atoms with Crippen molar-refractivity contribution in [1.82, 2.24) is 10.0 Å². The van der Waals surface area contributed by atoms with E-state index in [0.717, 1.165) is 37.8 Å². The fourth-order valence-electron chi connectivity index (χ4n) is 6.86. The number of sulfonamides is 1. The number of nitrogens with one attached hydrogen (secondary N) is 2. The Balaban J connectivity index is 1.35. The monoisotopic (exact) mass is 481 g/mol. The Morgan fingerprint density at radius 3 is 2.52 bits per heavy atom. The summed E-state index contributed by atoms with van der Waals surface area (Å²) in [6.45, 7) is 0. The Morgan fingerprint density at radius 1 is 1.09 bits per heavy atom. The van der Waals surface area contributed by atoms with Crippen LogP contribution in [0.25, 0.3) is 0 Å². The molecule has 4 aliphatic carbocycles. The van der Waals surface area contributed by atoms with Crippen LogP contribution in [0, 0.1) is 34.8 Å². The minimum atomic E-state index is -4.45. The molecule has 180 valence electrons. The van der Waals surface area contributed by atoms with E-state index in [-0.39, 0.29) is 36.6 Å². The van der Waals surface area contributed by atoms with Gasteiger partial charge >= 0.3 is 0 Å². The van der Waals surface area contributed by atoms with Crippen molar-refractivity contribution in [1.29, 1.82) is 0 Å². The van der Waals surface area contributed by atoms with Crippen molar-refractivity contribution in [3.63, 3.8) is 0 Å². The first-order valence-electron chi connectivity index (χ1n) is 11.6. The van der Waals surface area contributed by atoms with Crippen molar-refractivity contribution in [2.45, 2.75) is 74.3 Å². The summed E-state index contributed by atoms with van der Waals surface area (Å²) in [6.07, 6.45) is 6.23. The molecule has 4 N–H and O–H groups in total. The van der Waals surface area contributed by atoms with Crippen molar-refractivity contribution in [3.05, 3.63) is 29.8 Å². The second-order valence-corrected chi connectivity index (χ2v) is 12.1. The summed E-state index contributed by atoms with van der Waals surface area (Å²) in [4.78, 5) is 24.9. The number of halogens is 2. The summed E-state index contributed by atoms with van der Waals surface area (Å²) in [5, 5.41) is 3.07. The number of fused-ring (bicyclic) bond motifs is 2. The molecule has 2 amide bonds. The van der Waals surface area contributed by atoms with Crippen LogP contribution in [0.4, 0.5) is 8.78 Å². The zero-order valence-electron chi connectivity index (χ0n) is 18.3. The van der Waals surface area contributed by atoms with Gasteiger partial charge in [0.25, 0.3) is 0 Å². The lowest BCUT2D eigenvalue weighted by molar-refractivity contribution is -0.149. The van der Waals surface area contributed by atoms with E-state index in [0.29, 0.717) is 31.2 Å². The molecule has 5 atom stereocenters. The first kappa shape index (κ1) is 22.7. The highest BCUT2D eigenvalue weighted by Crippen LogP contribution is 2.59. The van der Waals surface area contributed by atoms with Gasteiger partial charge < -0.3 is 11.1 Å². The maximum Gasteiger partial charge on any atom is 0.244 e. The SMILES string of the molecule is NC(=O)C12CC3CCC1CC(NC(=O)C1(NS(=O)(=O)c4cc(F)ccc4F)CCC1)C(C3)C2. The molecular formula is C23H29F2N3O4S. The summed E-state index contributed by atoms with van der Waals surface area (Å²) in [5.41, 5.74) is 3.96. The predicted octanol–water partition coefficient (Wildman–Crippen LogP) is 2.35. The Hall–Kier alpha value is -2.07. The van der Waals surface area contributed by atoms with Crippen LogP contribution >= 0.6 is 0 Å². The van der Waals surface area contributed by atoms with Crippen molar-refractivity contribution < 1.29 is 26.8 Å². The molecule has 33 heavy (non-hydrogen) atoms. The van der Waals surface area contributed by atoms with E-state index < -0.39 is 43.4 Å². The summed E-state index contributed by atoms with van der Waals surface area (Å²) >= 11 is 0. The second-order valence-electron chi connectivity index (χ2n) is 10.5. The summed E-state index contributed by atoms with van der Waals surface area (Å²) in [6, 6.07) is 2.05. The van der Waals surface area contributed by atoms with Crippen LogP contribution in [0.5, 0.6) is 0 Å². The van der Waals surface area contributed by atoms with Gasteiger partial charge in [0, 0.05) is 6.04 Å². The van der Waals surface area contributed by atoms with Gasteiger partial charge in [-0.1, -0.05) is 6.42 Å². The van der Waals surface area contributed by atoms with Gasteiger partial charge in [0.15, 0.2) is 0 Å². The lowest BCUT2D eigenvalue weighted by atomic mass is 9.48. The van der Waals surface area contributed by atoms with E-state index in [2.05, 4.69) is 10.0 Å². The highest BCUT2D eigenvalue weighted by Gasteiger charge is 2.58. The second kappa shape index (κ2) is 7.73. The maximum absolute atomic E-state index is 14.1. The molecule has 4 saturated carbocycles. The van der Waals surface area contributed by atoms with E-state index in [4.69, 9.17) is 5.73 Å². The third kappa shape index (κ3) is 3.65. The normalized spacial score (nSPS) is 34.4. The number of benzene rings is 1. The molecule has 3 bridgehead atoms. The van der Waals surface area contributed by atoms with Gasteiger partial charge in [-0.05, 0) is 87.3 Å². The van der Waals surface area contributed by atoms with Crippen LogP contribution in [0.15, 0.2) is 23.1 Å². The zero-order chi connectivity index (χ0) is 23.6.